The molecule has 6 heteroatoms. The third-order valence-corrected chi connectivity index (χ3v) is 5.14. The van der Waals surface area contributed by atoms with Gasteiger partial charge in [0, 0.05) is 31.4 Å². The van der Waals surface area contributed by atoms with E-state index in [9.17, 15) is 14.7 Å². The molecule has 1 fully saturated rings. The van der Waals surface area contributed by atoms with Crippen molar-refractivity contribution in [3.63, 3.8) is 0 Å². The summed E-state index contributed by atoms with van der Waals surface area (Å²) in [5, 5.41) is 12.4. The standard InChI is InChI=1S/C21H27N3O3/c1-16-8-10-24(21(27)11-16)14-20(26)22-12-17-5-2-3-6-18(17)13-23-9-4-7-19(23)15-25/h2-3,5-6,8,10-11,19,25H,4,7,9,12-15H2,1H3,(H,22,26). The number of aliphatic hydroxyl groups excluding tert-OH is 1. The van der Waals surface area contributed by atoms with Gasteiger partial charge in [-0.15, -0.1) is 0 Å². The average molecular weight is 369 g/mol. The Morgan fingerprint density at radius 1 is 1.26 bits per heavy atom. The van der Waals surface area contributed by atoms with Crippen LogP contribution in [0.1, 0.15) is 29.5 Å². The predicted octanol–water partition coefficient (Wildman–Crippen LogP) is 1.43. The number of hydrogen-bond acceptors (Lipinski definition) is 4. The van der Waals surface area contributed by atoms with E-state index in [1.807, 2.05) is 31.2 Å². The van der Waals surface area contributed by atoms with Crippen molar-refractivity contribution in [2.45, 2.75) is 45.4 Å². The normalized spacial score (nSPS) is 17.2. The van der Waals surface area contributed by atoms with Crippen LogP contribution in [0.4, 0.5) is 0 Å². The molecule has 1 saturated heterocycles. The van der Waals surface area contributed by atoms with Crippen LogP contribution in [-0.2, 0) is 24.4 Å². The van der Waals surface area contributed by atoms with Crippen molar-refractivity contribution in [3.8, 4) is 0 Å². The van der Waals surface area contributed by atoms with Gasteiger partial charge in [-0.05, 0) is 49.1 Å². The summed E-state index contributed by atoms with van der Waals surface area (Å²) in [6.45, 7) is 4.23. The number of amides is 1. The molecule has 0 radical (unpaired) electrons. The van der Waals surface area contributed by atoms with Gasteiger partial charge in [-0.3, -0.25) is 14.5 Å². The molecule has 1 aliphatic rings. The monoisotopic (exact) mass is 369 g/mol. The number of aryl methyl sites for hydroxylation is 1. The largest absolute Gasteiger partial charge is 0.395 e. The average Bonchev–Trinajstić information content (AvgIpc) is 3.10. The number of nitrogens with zero attached hydrogens (tertiary/aromatic N) is 2. The summed E-state index contributed by atoms with van der Waals surface area (Å²) in [4.78, 5) is 26.5. The minimum Gasteiger partial charge on any atom is -0.395 e. The third-order valence-electron chi connectivity index (χ3n) is 5.14. The molecule has 1 aromatic carbocycles. The van der Waals surface area contributed by atoms with Gasteiger partial charge in [0.2, 0.25) is 5.91 Å². The van der Waals surface area contributed by atoms with Crippen molar-refractivity contribution in [2.24, 2.45) is 0 Å². The van der Waals surface area contributed by atoms with E-state index < -0.39 is 0 Å². The van der Waals surface area contributed by atoms with Crippen LogP contribution < -0.4 is 10.9 Å². The minimum absolute atomic E-state index is 0.0139. The summed E-state index contributed by atoms with van der Waals surface area (Å²) in [6, 6.07) is 11.6. The van der Waals surface area contributed by atoms with Gasteiger partial charge in [0.1, 0.15) is 6.54 Å². The van der Waals surface area contributed by atoms with Crippen LogP contribution in [0, 0.1) is 6.92 Å². The first-order valence-electron chi connectivity index (χ1n) is 9.42. The number of pyridine rings is 1. The summed E-state index contributed by atoms with van der Waals surface area (Å²) in [5.74, 6) is -0.190. The number of aliphatic hydroxyl groups is 1. The molecule has 1 aliphatic heterocycles. The quantitative estimate of drug-likeness (QED) is 0.774. The maximum Gasteiger partial charge on any atom is 0.251 e. The van der Waals surface area contributed by atoms with E-state index in [0.717, 1.165) is 42.6 Å². The fourth-order valence-corrected chi connectivity index (χ4v) is 3.55. The fourth-order valence-electron chi connectivity index (χ4n) is 3.55. The highest BCUT2D eigenvalue weighted by atomic mass is 16.3. The van der Waals surface area contributed by atoms with Crippen LogP contribution in [0.3, 0.4) is 0 Å². The highest BCUT2D eigenvalue weighted by Gasteiger charge is 2.24. The van der Waals surface area contributed by atoms with E-state index >= 15 is 0 Å². The summed E-state index contributed by atoms with van der Waals surface area (Å²) in [7, 11) is 0. The molecule has 144 valence electrons. The Balaban J connectivity index is 1.60. The molecule has 2 heterocycles. The molecule has 1 unspecified atom stereocenters. The number of aromatic nitrogens is 1. The number of carbonyl (C=O) groups is 1. The Hall–Kier alpha value is -2.44. The zero-order chi connectivity index (χ0) is 19.2. The van der Waals surface area contributed by atoms with Gasteiger partial charge in [0.05, 0.1) is 6.61 Å². The topological polar surface area (TPSA) is 74.6 Å². The Kier molecular flexibility index (Phi) is 6.42. The first kappa shape index (κ1) is 19.3. The smallest absolute Gasteiger partial charge is 0.251 e. The van der Waals surface area contributed by atoms with Crippen molar-refractivity contribution in [1.82, 2.24) is 14.8 Å². The maximum atomic E-state index is 12.3. The zero-order valence-corrected chi connectivity index (χ0v) is 15.7. The lowest BCUT2D eigenvalue weighted by atomic mass is 10.1. The van der Waals surface area contributed by atoms with Crippen LogP contribution in [0.15, 0.2) is 47.4 Å². The highest BCUT2D eigenvalue weighted by Crippen LogP contribution is 2.21. The summed E-state index contributed by atoms with van der Waals surface area (Å²) < 4.78 is 1.41. The van der Waals surface area contributed by atoms with E-state index in [1.54, 1.807) is 6.20 Å². The molecule has 1 aromatic heterocycles. The lowest BCUT2D eigenvalue weighted by molar-refractivity contribution is -0.121. The van der Waals surface area contributed by atoms with Crippen molar-refractivity contribution in [2.75, 3.05) is 13.2 Å². The van der Waals surface area contributed by atoms with Gasteiger partial charge in [0.15, 0.2) is 0 Å². The number of nitrogens with one attached hydrogen (secondary N) is 1. The highest BCUT2D eigenvalue weighted by molar-refractivity contribution is 5.75. The molecule has 27 heavy (non-hydrogen) atoms. The Bertz CT molecular complexity index is 847. The number of hydrogen-bond donors (Lipinski definition) is 2. The van der Waals surface area contributed by atoms with Crippen LogP contribution in [0.25, 0.3) is 0 Å². The van der Waals surface area contributed by atoms with E-state index in [1.165, 1.54) is 10.6 Å². The Morgan fingerprint density at radius 3 is 2.78 bits per heavy atom. The molecule has 1 atom stereocenters. The molecule has 0 spiro atoms. The number of benzene rings is 1. The summed E-state index contributed by atoms with van der Waals surface area (Å²) in [5.41, 5.74) is 2.93. The molecule has 2 N–H and O–H groups in total. The van der Waals surface area contributed by atoms with Gasteiger partial charge < -0.3 is 15.0 Å². The van der Waals surface area contributed by atoms with Crippen molar-refractivity contribution >= 4 is 5.91 Å². The van der Waals surface area contributed by atoms with Gasteiger partial charge in [-0.2, -0.15) is 0 Å². The number of likely N-dealkylation sites (tertiary alicyclic amines) is 1. The molecule has 3 rings (SSSR count). The minimum atomic E-state index is -0.190. The molecule has 0 aliphatic carbocycles. The van der Waals surface area contributed by atoms with E-state index in [0.29, 0.717) is 6.54 Å². The molecule has 2 aromatic rings. The van der Waals surface area contributed by atoms with Crippen molar-refractivity contribution in [1.29, 1.82) is 0 Å². The van der Waals surface area contributed by atoms with E-state index in [-0.39, 0.29) is 30.7 Å². The second-order valence-corrected chi connectivity index (χ2v) is 7.16. The lowest BCUT2D eigenvalue weighted by Crippen LogP contribution is -2.33. The number of rotatable bonds is 7. The van der Waals surface area contributed by atoms with Crippen LogP contribution in [-0.4, -0.2) is 39.7 Å². The Labute approximate surface area is 159 Å². The molecule has 1 amide bonds. The van der Waals surface area contributed by atoms with Gasteiger partial charge >= 0.3 is 0 Å². The first-order chi connectivity index (χ1) is 13.1. The van der Waals surface area contributed by atoms with Crippen LogP contribution in [0.5, 0.6) is 0 Å². The summed E-state index contributed by atoms with van der Waals surface area (Å²) in [6.07, 6.45) is 3.78. The third kappa shape index (κ3) is 5.05. The van der Waals surface area contributed by atoms with Gasteiger partial charge in [-0.1, -0.05) is 24.3 Å². The second-order valence-electron chi connectivity index (χ2n) is 7.16. The number of carbonyl (C=O) groups excluding carboxylic acids is 1. The maximum absolute atomic E-state index is 12.3. The molecular weight excluding hydrogens is 342 g/mol. The van der Waals surface area contributed by atoms with E-state index in [4.69, 9.17) is 0 Å². The first-order valence-corrected chi connectivity index (χ1v) is 9.42. The lowest BCUT2D eigenvalue weighted by Gasteiger charge is -2.24. The van der Waals surface area contributed by atoms with Crippen molar-refractivity contribution < 1.29 is 9.90 Å². The molecule has 0 bridgehead atoms. The SMILES string of the molecule is Cc1ccn(CC(=O)NCc2ccccc2CN2CCCC2CO)c(=O)c1. The fraction of sp³-hybridized carbons (Fsp3) is 0.429. The molecule has 6 nitrogen and oxygen atoms in total. The van der Waals surface area contributed by atoms with Crippen molar-refractivity contribution in [3.05, 3.63) is 69.6 Å². The van der Waals surface area contributed by atoms with Gasteiger partial charge in [-0.25, -0.2) is 0 Å². The second kappa shape index (κ2) is 8.97. The zero-order valence-electron chi connectivity index (χ0n) is 15.7. The predicted molar refractivity (Wildman–Crippen MR) is 104 cm³/mol. The molecule has 0 saturated carbocycles. The summed E-state index contributed by atoms with van der Waals surface area (Å²) >= 11 is 0. The van der Waals surface area contributed by atoms with Gasteiger partial charge in [0.25, 0.3) is 5.56 Å². The molecular formula is C21H27N3O3. The van der Waals surface area contributed by atoms with E-state index in [2.05, 4.69) is 16.3 Å². The van der Waals surface area contributed by atoms with Crippen LogP contribution >= 0.6 is 0 Å². The Morgan fingerprint density at radius 2 is 2.04 bits per heavy atom. The van der Waals surface area contributed by atoms with Crippen LogP contribution in [0.2, 0.25) is 0 Å².